The Bertz CT molecular complexity index is 335. The molecule has 0 aromatic heterocycles. The predicted octanol–water partition coefficient (Wildman–Crippen LogP) is 2.18. The van der Waals surface area contributed by atoms with Crippen LogP contribution < -0.4 is 10.1 Å². The molecule has 1 aromatic carbocycles. The number of benzene rings is 1. The molecular weight excluding hydrogens is 214 g/mol. The van der Waals surface area contributed by atoms with Crippen LogP contribution in [0.5, 0.6) is 5.75 Å². The highest BCUT2D eigenvalue weighted by molar-refractivity contribution is 5.29. The Morgan fingerprint density at radius 3 is 2.65 bits per heavy atom. The van der Waals surface area contributed by atoms with Crippen molar-refractivity contribution >= 4 is 0 Å². The van der Waals surface area contributed by atoms with Crippen LogP contribution in [0.15, 0.2) is 24.3 Å². The lowest BCUT2D eigenvalue weighted by molar-refractivity contribution is 0.149. The van der Waals surface area contributed by atoms with Crippen molar-refractivity contribution in [1.82, 2.24) is 5.32 Å². The monoisotopic (exact) mass is 235 g/mol. The molecule has 3 heteroatoms. The van der Waals surface area contributed by atoms with Crippen LogP contribution in [0, 0.1) is 0 Å². The number of hydrogen-bond donors (Lipinski definition) is 1. The number of ether oxygens (including phenoxy) is 2. The first kappa shape index (κ1) is 12.4. The van der Waals surface area contributed by atoms with Crippen LogP contribution in [0.3, 0.4) is 0 Å². The van der Waals surface area contributed by atoms with E-state index >= 15 is 0 Å². The molecule has 1 N–H and O–H groups in total. The average molecular weight is 235 g/mol. The van der Waals surface area contributed by atoms with Gasteiger partial charge < -0.3 is 14.8 Å². The molecule has 1 fully saturated rings. The van der Waals surface area contributed by atoms with Crippen LogP contribution in [0.25, 0.3) is 0 Å². The highest BCUT2D eigenvalue weighted by Gasteiger charge is 2.22. The Balaban J connectivity index is 2.00. The summed E-state index contributed by atoms with van der Waals surface area (Å²) in [4.78, 5) is 0. The van der Waals surface area contributed by atoms with Gasteiger partial charge in [0.1, 0.15) is 5.75 Å². The fraction of sp³-hybridized carbons (Fsp3) is 0.571. The predicted molar refractivity (Wildman–Crippen MR) is 68.6 cm³/mol. The summed E-state index contributed by atoms with van der Waals surface area (Å²) < 4.78 is 10.4. The first-order valence-corrected chi connectivity index (χ1v) is 6.19. The van der Waals surface area contributed by atoms with Gasteiger partial charge >= 0.3 is 0 Å². The summed E-state index contributed by atoms with van der Waals surface area (Å²) in [6, 6.07) is 8.93. The molecule has 94 valence electrons. The molecule has 1 aliphatic rings. The standard InChI is InChI=1S/C14H21NO2/c1-16-10-13-9-12(7-8-15-13)11-3-5-14(17-2)6-4-11/h3-6,12-13,15H,7-10H2,1-2H3. The van der Waals surface area contributed by atoms with Crippen molar-refractivity contribution in [2.24, 2.45) is 0 Å². The zero-order valence-electron chi connectivity index (χ0n) is 10.6. The Labute approximate surface area is 103 Å². The molecule has 1 saturated heterocycles. The number of piperidine rings is 1. The van der Waals surface area contributed by atoms with Crippen molar-refractivity contribution in [2.45, 2.75) is 24.8 Å². The Morgan fingerprint density at radius 1 is 1.24 bits per heavy atom. The van der Waals surface area contributed by atoms with Gasteiger partial charge in [0.05, 0.1) is 13.7 Å². The third kappa shape index (κ3) is 3.20. The lowest BCUT2D eigenvalue weighted by atomic mass is 9.86. The van der Waals surface area contributed by atoms with Gasteiger partial charge in [-0.15, -0.1) is 0 Å². The third-order valence-electron chi connectivity index (χ3n) is 3.45. The van der Waals surface area contributed by atoms with Gasteiger partial charge in [-0.05, 0) is 43.0 Å². The van der Waals surface area contributed by atoms with E-state index in [9.17, 15) is 0 Å². The van der Waals surface area contributed by atoms with E-state index in [2.05, 4.69) is 17.4 Å². The van der Waals surface area contributed by atoms with Crippen LogP contribution in [0.1, 0.15) is 24.3 Å². The highest BCUT2D eigenvalue weighted by atomic mass is 16.5. The fourth-order valence-electron chi connectivity index (χ4n) is 2.51. The van der Waals surface area contributed by atoms with E-state index in [4.69, 9.17) is 9.47 Å². The smallest absolute Gasteiger partial charge is 0.118 e. The van der Waals surface area contributed by atoms with Crippen molar-refractivity contribution in [1.29, 1.82) is 0 Å². The zero-order chi connectivity index (χ0) is 12.1. The minimum atomic E-state index is 0.487. The molecule has 0 bridgehead atoms. The molecule has 17 heavy (non-hydrogen) atoms. The molecule has 0 amide bonds. The second-order valence-electron chi connectivity index (χ2n) is 4.60. The summed E-state index contributed by atoms with van der Waals surface area (Å²) in [7, 11) is 3.47. The minimum absolute atomic E-state index is 0.487. The molecule has 2 unspecified atom stereocenters. The molecule has 0 aliphatic carbocycles. The van der Waals surface area contributed by atoms with E-state index in [1.165, 1.54) is 12.0 Å². The van der Waals surface area contributed by atoms with Gasteiger partial charge in [0.2, 0.25) is 0 Å². The van der Waals surface area contributed by atoms with Gasteiger partial charge in [0, 0.05) is 13.2 Å². The molecule has 1 aromatic rings. The van der Waals surface area contributed by atoms with E-state index in [0.29, 0.717) is 12.0 Å². The van der Waals surface area contributed by atoms with Gasteiger partial charge in [-0.2, -0.15) is 0 Å². The normalized spacial score (nSPS) is 24.6. The Morgan fingerprint density at radius 2 is 2.00 bits per heavy atom. The lowest BCUT2D eigenvalue weighted by Gasteiger charge is -2.30. The van der Waals surface area contributed by atoms with E-state index in [1.54, 1.807) is 14.2 Å². The number of hydrogen-bond acceptors (Lipinski definition) is 3. The maximum absolute atomic E-state index is 5.22. The van der Waals surface area contributed by atoms with Crippen molar-refractivity contribution in [3.8, 4) is 5.75 Å². The van der Waals surface area contributed by atoms with Crippen molar-refractivity contribution in [2.75, 3.05) is 27.4 Å². The summed E-state index contributed by atoms with van der Waals surface area (Å²) in [6.45, 7) is 1.87. The molecule has 1 aliphatic heterocycles. The minimum Gasteiger partial charge on any atom is -0.497 e. The molecule has 3 nitrogen and oxygen atoms in total. The Hall–Kier alpha value is -1.06. The van der Waals surface area contributed by atoms with Gasteiger partial charge in [-0.1, -0.05) is 12.1 Å². The number of nitrogens with one attached hydrogen (secondary N) is 1. The SMILES string of the molecule is COCC1CC(c2ccc(OC)cc2)CCN1. The average Bonchev–Trinajstić information content (AvgIpc) is 2.40. The second kappa shape index (κ2) is 6.03. The number of methoxy groups -OCH3 is 2. The van der Waals surface area contributed by atoms with Crippen molar-refractivity contribution in [3.63, 3.8) is 0 Å². The third-order valence-corrected chi connectivity index (χ3v) is 3.45. The maximum atomic E-state index is 5.22. The highest BCUT2D eigenvalue weighted by Crippen LogP contribution is 2.28. The largest absolute Gasteiger partial charge is 0.497 e. The second-order valence-corrected chi connectivity index (χ2v) is 4.60. The zero-order valence-corrected chi connectivity index (χ0v) is 10.6. The summed E-state index contributed by atoms with van der Waals surface area (Å²) in [6.07, 6.45) is 2.35. The van der Waals surface area contributed by atoms with E-state index in [1.807, 2.05) is 12.1 Å². The fourth-order valence-corrected chi connectivity index (χ4v) is 2.51. The molecule has 1 heterocycles. The van der Waals surface area contributed by atoms with Gasteiger partial charge in [-0.25, -0.2) is 0 Å². The molecule has 0 radical (unpaired) electrons. The Kier molecular flexibility index (Phi) is 4.40. The maximum Gasteiger partial charge on any atom is 0.118 e. The molecule has 2 rings (SSSR count). The van der Waals surface area contributed by atoms with Crippen LogP contribution in [-0.4, -0.2) is 33.4 Å². The quantitative estimate of drug-likeness (QED) is 0.867. The summed E-state index contributed by atoms with van der Waals surface area (Å²) in [5, 5.41) is 3.49. The van der Waals surface area contributed by atoms with Crippen LogP contribution in [-0.2, 0) is 4.74 Å². The van der Waals surface area contributed by atoms with Gasteiger partial charge in [0.15, 0.2) is 0 Å². The van der Waals surface area contributed by atoms with E-state index < -0.39 is 0 Å². The molecule has 0 saturated carbocycles. The molecule has 0 spiro atoms. The molecular formula is C14H21NO2. The topological polar surface area (TPSA) is 30.5 Å². The van der Waals surface area contributed by atoms with Crippen molar-refractivity contribution in [3.05, 3.63) is 29.8 Å². The van der Waals surface area contributed by atoms with Crippen LogP contribution >= 0.6 is 0 Å². The van der Waals surface area contributed by atoms with Gasteiger partial charge in [0.25, 0.3) is 0 Å². The summed E-state index contributed by atoms with van der Waals surface area (Å²) in [5.74, 6) is 1.57. The number of rotatable bonds is 4. The summed E-state index contributed by atoms with van der Waals surface area (Å²) >= 11 is 0. The van der Waals surface area contributed by atoms with E-state index in [-0.39, 0.29) is 0 Å². The van der Waals surface area contributed by atoms with Crippen LogP contribution in [0.2, 0.25) is 0 Å². The lowest BCUT2D eigenvalue weighted by Crippen LogP contribution is -2.40. The van der Waals surface area contributed by atoms with Crippen molar-refractivity contribution < 1.29 is 9.47 Å². The first-order valence-electron chi connectivity index (χ1n) is 6.19. The first-order chi connectivity index (χ1) is 8.33. The van der Waals surface area contributed by atoms with E-state index in [0.717, 1.165) is 25.3 Å². The van der Waals surface area contributed by atoms with Crippen LogP contribution in [0.4, 0.5) is 0 Å². The summed E-state index contributed by atoms with van der Waals surface area (Å²) in [5.41, 5.74) is 1.41. The molecule has 2 atom stereocenters. The van der Waals surface area contributed by atoms with Gasteiger partial charge in [-0.3, -0.25) is 0 Å².